The average molecular weight is 451 g/mol. The summed E-state index contributed by atoms with van der Waals surface area (Å²) in [5.41, 5.74) is 2.10. The van der Waals surface area contributed by atoms with Gasteiger partial charge in [-0.1, -0.05) is 48.5 Å². The Morgan fingerprint density at radius 1 is 0.909 bits per heavy atom. The van der Waals surface area contributed by atoms with Gasteiger partial charge in [0.25, 0.3) is 0 Å². The number of amides is 2. The smallest absolute Gasteiger partial charge is 0.247 e. The molecule has 0 heterocycles. The lowest BCUT2D eigenvalue weighted by Crippen LogP contribution is -2.43. The standard InChI is InChI=1S/C26H27FN2O4/c1-28-26(31)25(20-7-5-4-6-8-20)29(17-18-9-12-21(27)13-10-18)24(30)16-19-11-14-22(32-2)23(15-19)33-3/h4-15,25H,16-17H2,1-3H3,(H,28,31)/t25-/m0/s1. The van der Waals surface area contributed by atoms with E-state index in [1.807, 2.05) is 18.2 Å². The van der Waals surface area contributed by atoms with Gasteiger partial charge in [-0.25, -0.2) is 4.39 Å². The molecule has 0 aliphatic carbocycles. The zero-order valence-corrected chi connectivity index (χ0v) is 18.9. The third kappa shape index (κ3) is 5.88. The van der Waals surface area contributed by atoms with E-state index in [1.54, 1.807) is 49.6 Å². The Bertz CT molecular complexity index is 1090. The highest BCUT2D eigenvalue weighted by Gasteiger charge is 2.31. The Labute approximate surface area is 192 Å². The summed E-state index contributed by atoms with van der Waals surface area (Å²) >= 11 is 0. The first-order valence-corrected chi connectivity index (χ1v) is 10.5. The molecule has 3 aromatic rings. The van der Waals surface area contributed by atoms with Crippen molar-refractivity contribution in [3.8, 4) is 11.5 Å². The number of carbonyl (C=O) groups excluding carboxylic acids is 2. The van der Waals surface area contributed by atoms with Gasteiger partial charge in [0.15, 0.2) is 11.5 Å². The van der Waals surface area contributed by atoms with Crippen LogP contribution in [0.3, 0.4) is 0 Å². The highest BCUT2D eigenvalue weighted by molar-refractivity contribution is 5.89. The second-order valence-electron chi connectivity index (χ2n) is 7.44. The summed E-state index contributed by atoms with van der Waals surface area (Å²) in [4.78, 5) is 28.0. The lowest BCUT2D eigenvalue weighted by Gasteiger charge is -2.31. The molecule has 6 nitrogen and oxygen atoms in total. The van der Waals surface area contributed by atoms with Crippen molar-refractivity contribution in [2.24, 2.45) is 0 Å². The molecule has 1 atom stereocenters. The predicted octanol–water partition coefficient (Wildman–Crippen LogP) is 3.90. The van der Waals surface area contributed by atoms with Crippen molar-refractivity contribution in [2.75, 3.05) is 21.3 Å². The first kappa shape index (κ1) is 23.8. The van der Waals surface area contributed by atoms with E-state index in [9.17, 15) is 14.0 Å². The van der Waals surface area contributed by atoms with Crippen LogP contribution in [0.25, 0.3) is 0 Å². The van der Waals surface area contributed by atoms with E-state index in [-0.39, 0.29) is 30.6 Å². The van der Waals surface area contributed by atoms with Crippen LogP contribution in [0.5, 0.6) is 11.5 Å². The number of rotatable bonds is 9. The Balaban J connectivity index is 1.98. The van der Waals surface area contributed by atoms with Gasteiger partial charge in [0, 0.05) is 13.6 Å². The molecule has 3 rings (SSSR count). The van der Waals surface area contributed by atoms with E-state index in [4.69, 9.17) is 9.47 Å². The summed E-state index contributed by atoms with van der Waals surface area (Å²) in [7, 11) is 4.61. The Morgan fingerprint density at radius 2 is 1.55 bits per heavy atom. The number of halogens is 1. The normalized spacial score (nSPS) is 11.4. The third-order valence-electron chi connectivity index (χ3n) is 5.31. The molecular weight excluding hydrogens is 423 g/mol. The van der Waals surface area contributed by atoms with Gasteiger partial charge in [-0.3, -0.25) is 9.59 Å². The third-order valence-corrected chi connectivity index (χ3v) is 5.31. The van der Waals surface area contributed by atoms with E-state index in [2.05, 4.69) is 5.32 Å². The average Bonchev–Trinajstić information content (AvgIpc) is 2.85. The first-order chi connectivity index (χ1) is 16.0. The number of hydrogen-bond donors (Lipinski definition) is 1. The molecule has 3 aromatic carbocycles. The summed E-state index contributed by atoms with van der Waals surface area (Å²) in [6, 6.07) is 19.4. The molecule has 2 amide bonds. The molecule has 1 N–H and O–H groups in total. The van der Waals surface area contributed by atoms with Gasteiger partial charge >= 0.3 is 0 Å². The molecule has 0 aromatic heterocycles. The summed E-state index contributed by atoms with van der Waals surface area (Å²) in [5.74, 6) is 0.129. The van der Waals surface area contributed by atoms with Crippen LogP contribution in [0.4, 0.5) is 4.39 Å². The topological polar surface area (TPSA) is 67.9 Å². The van der Waals surface area contributed by atoms with Crippen molar-refractivity contribution in [3.05, 3.63) is 95.3 Å². The quantitative estimate of drug-likeness (QED) is 0.537. The van der Waals surface area contributed by atoms with E-state index < -0.39 is 6.04 Å². The van der Waals surface area contributed by atoms with Gasteiger partial charge in [-0.05, 0) is 41.0 Å². The van der Waals surface area contributed by atoms with Crippen molar-refractivity contribution in [3.63, 3.8) is 0 Å². The highest BCUT2D eigenvalue weighted by atomic mass is 19.1. The molecule has 33 heavy (non-hydrogen) atoms. The molecule has 0 spiro atoms. The molecule has 0 radical (unpaired) electrons. The summed E-state index contributed by atoms with van der Waals surface area (Å²) < 4.78 is 24.1. The second-order valence-corrected chi connectivity index (χ2v) is 7.44. The minimum Gasteiger partial charge on any atom is -0.493 e. The molecule has 0 aliphatic rings. The van der Waals surface area contributed by atoms with Crippen molar-refractivity contribution >= 4 is 11.8 Å². The second kappa shape index (κ2) is 11.1. The summed E-state index contributed by atoms with van der Waals surface area (Å²) in [6.07, 6.45) is 0.0435. The van der Waals surface area contributed by atoms with Gasteiger partial charge in [-0.15, -0.1) is 0 Å². The van der Waals surface area contributed by atoms with E-state index in [0.29, 0.717) is 28.2 Å². The number of carbonyl (C=O) groups is 2. The maximum Gasteiger partial charge on any atom is 0.247 e. The van der Waals surface area contributed by atoms with Crippen LogP contribution >= 0.6 is 0 Å². The van der Waals surface area contributed by atoms with E-state index in [0.717, 1.165) is 0 Å². The van der Waals surface area contributed by atoms with Crippen LogP contribution in [0.2, 0.25) is 0 Å². The van der Waals surface area contributed by atoms with E-state index in [1.165, 1.54) is 31.2 Å². The first-order valence-electron chi connectivity index (χ1n) is 10.5. The zero-order chi connectivity index (χ0) is 23.8. The van der Waals surface area contributed by atoms with Crippen molar-refractivity contribution in [1.82, 2.24) is 10.2 Å². The van der Waals surface area contributed by atoms with Crippen LogP contribution in [-0.4, -0.2) is 38.0 Å². The Morgan fingerprint density at radius 3 is 2.15 bits per heavy atom. The van der Waals surface area contributed by atoms with Gasteiger partial charge < -0.3 is 19.7 Å². The minimum atomic E-state index is -0.853. The van der Waals surface area contributed by atoms with Crippen LogP contribution in [0.15, 0.2) is 72.8 Å². The maximum absolute atomic E-state index is 13.6. The van der Waals surface area contributed by atoms with E-state index >= 15 is 0 Å². The molecule has 0 unspecified atom stereocenters. The minimum absolute atomic E-state index is 0.0435. The Kier molecular flexibility index (Phi) is 8.02. The molecule has 0 saturated heterocycles. The largest absolute Gasteiger partial charge is 0.493 e. The number of likely N-dealkylation sites (N-methyl/N-ethyl adjacent to an activating group) is 1. The molecule has 7 heteroatoms. The fourth-order valence-corrected chi connectivity index (χ4v) is 3.62. The zero-order valence-electron chi connectivity index (χ0n) is 18.9. The molecule has 0 aliphatic heterocycles. The molecule has 0 saturated carbocycles. The lowest BCUT2D eigenvalue weighted by atomic mass is 10.0. The van der Waals surface area contributed by atoms with Gasteiger partial charge in [0.05, 0.1) is 20.6 Å². The van der Waals surface area contributed by atoms with Crippen molar-refractivity contribution in [2.45, 2.75) is 19.0 Å². The van der Waals surface area contributed by atoms with Gasteiger partial charge in [0.1, 0.15) is 11.9 Å². The van der Waals surface area contributed by atoms with Gasteiger partial charge in [-0.2, -0.15) is 0 Å². The van der Waals surface area contributed by atoms with Crippen molar-refractivity contribution < 1.29 is 23.5 Å². The number of methoxy groups -OCH3 is 2. The van der Waals surface area contributed by atoms with Crippen molar-refractivity contribution in [1.29, 1.82) is 0 Å². The number of hydrogen-bond acceptors (Lipinski definition) is 4. The maximum atomic E-state index is 13.6. The molecule has 0 bridgehead atoms. The summed E-state index contributed by atoms with van der Waals surface area (Å²) in [5, 5.41) is 2.66. The van der Waals surface area contributed by atoms with Crippen LogP contribution in [0, 0.1) is 5.82 Å². The Hall–Kier alpha value is -3.87. The monoisotopic (exact) mass is 450 g/mol. The number of nitrogens with one attached hydrogen (secondary N) is 1. The number of ether oxygens (including phenoxy) is 2. The van der Waals surface area contributed by atoms with Gasteiger partial charge in [0.2, 0.25) is 11.8 Å². The van der Waals surface area contributed by atoms with Crippen LogP contribution < -0.4 is 14.8 Å². The highest BCUT2D eigenvalue weighted by Crippen LogP contribution is 2.29. The number of benzene rings is 3. The summed E-state index contributed by atoms with van der Waals surface area (Å²) in [6.45, 7) is 0.138. The number of nitrogens with zero attached hydrogens (tertiary/aromatic N) is 1. The van der Waals surface area contributed by atoms with Crippen LogP contribution in [-0.2, 0) is 22.6 Å². The lowest BCUT2D eigenvalue weighted by molar-refractivity contribution is -0.141. The fourth-order valence-electron chi connectivity index (χ4n) is 3.62. The predicted molar refractivity (Wildman–Crippen MR) is 123 cm³/mol. The fraction of sp³-hybridized carbons (Fsp3) is 0.231. The SMILES string of the molecule is CNC(=O)[C@H](c1ccccc1)N(Cc1ccc(F)cc1)C(=O)Cc1ccc(OC)c(OC)c1. The van der Waals surface area contributed by atoms with Crippen LogP contribution in [0.1, 0.15) is 22.7 Å². The molecule has 172 valence electrons. The molecule has 0 fully saturated rings. The molecular formula is C26H27FN2O4.